The molecule has 0 unspecified atom stereocenters. The van der Waals surface area contributed by atoms with Crippen LogP contribution in [0, 0.1) is 6.92 Å². The highest BCUT2D eigenvalue weighted by Crippen LogP contribution is 2.32. The zero-order chi connectivity index (χ0) is 23.4. The Bertz CT molecular complexity index is 1260. The quantitative estimate of drug-likeness (QED) is 0.342. The first kappa shape index (κ1) is 22.8. The summed E-state index contributed by atoms with van der Waals surface area (Å²) >= 11 is 7.41. The molecule has 10 heteroatoms. The van der Waals surface area contributed by atoms with Crippen LogP contribution in [0.2, 0.25) is 5.02 Å². The Morgan fingerprint density at radius 3 is 2.61 bits per heavy atom. The summed E-state index contributed by atoms with van der Waals surface area (Å²) in [6.45, 7) is 1.86. The number of aromatic nitrogens is 3. The third-order valence-electron chi connectivity index (χ3n) is 4.79. The van der Waals surface area contributed by atoms with E-state index in [4.69, 9.17) is 25.5 Å². The zero-order valence-corrected chi connectivity index (χ0v) is 19.7. The fourth-order valence-electron chi connectivity index (χ4n) is 3.14. The van der Waals surface area contributed by atoms with Gasteiger partial charge in [0.25, 0.3) is 0 Å². The van der Waals surface area contributed by atoms with Gasteiger partial charge in [-0.05, 0) is 55.0 Å². The average molecular weight is 485 g/mol. The molecule has 0 atom stereocenters. The van der Waals surface area contributed by atoms with Crippen LogP contribution < -0.4 is 14.8 Å². The topological polar surface area (TPSA) is 91.4 Å². The van der Waals surface area contributed by atoms with Gasteiger partial charge in [-0.25, -0.2) is 0 Å². The summed E-state index contributed by atoms with van der Waals surface area (Å²) in [5, 5.41) is 12.6. The van der Waals surface area contributed by atoms with Gasteiger partial charge in [0.05, 0.1) is 37.6 Å². The lowest BCUT2D eigenvalue weighted by Gasteiger charge is -2.13. The third-order valence-corrected chi connectivity index (χ3v) is 6.13. The fraction of sp³-hybridized carbons (Fsp3) is 0.174. The van der Waals surface area contributed by atoms with Crippen molar-refractivity contribution in [3.63, 3.8) is 0 Å². The molecular weight excluding hydrogens is 464 g/mol. The third kappa shape index (κ3) is 4.99. The predicted octanol–water partition coefficient (Wildman–Crippen LogP) is 5.24. The number of hydrogen-bond donors (Lipinski definition) is 1. The number of nitrogens with zero attached hydrogens (tertiary/aromatic N) is 3. The number of anilines is 1. The van der Waals surface area contributed by atoms with E-state index in [0.29, 0.717) is 33.2 Å². The van der Waals surface area contributed by atoms with Crippen molar-refractivity contribution in [1.29, 1.82) is 0 Å². The molecule has 0 fully saturated rings. The van der Waals surface area contributed by atoms with Gasteiger partial charge in [-0.15, -0.1) is 10.2 Å². The molecule has 4 aromatic rings. The monoisotopic (exact) mass is 484 g/mol. The summed E-state index contributed by atoms with van der Waals surface area (Å²) in [5.41, 5.74) is 2.20. The van der Waals surface area contributed by atoms with Crippen molar-refractivity contribution in [1.82, 2.24) is 14.8 Å². The van der Waals surface area contributed by atoms with Crippen LogP contribution >= 0.6 is 23.4 Å². The van der Waals surface area contributed by atoms with Crippen LogP contribution in [0.3, 0.4) is 0 Å². The van der Waals surface area contributed by atoms with Crippen LogP contribution in [0.4, 0.5) is 5.69 Å². The minimum absolute atomic E-state index is 0.108. The van der Waals surface area contributed by atoms with Gasteiger partial charge in [0.1, 0.15) is 11.5 Å². The van der Waals surface area contributed by atoms with E-state index >= 15 is 0 Å². The second-order valence-corrected chi connectivity index (χ2v) is 8.31. The second-order valence-electron chi connectivity index (χ2n) is 6.96. The minimum Gasteiger partial charge on any atom is -0.497 e. The van der Waals surface area contributed by atoms with Gasteiger partial charge in [0, 0.05) is 11.1 Å². The number of benzene rings is 2. The van der Waals surface area contributed by atoms with Gasteiger partial charge in [-0.3, -0.25) is 9.36 Å². The van der Waals surface area contributed by atoms with E-state index in [9.17, 15) is 4.79 Å². The molecule has 0 radical (unpaired) electrons. The highest BCUT2D eigenvalue weighted by atomic mass is 35.5. The first-order chi connectivity index (χ1) is 16.0. The molecular formula is C23H21ClN4O4S. The Labute approximate surface area is 199 Å². The maximum atomic E-state index is 12.7. The van der Waals surface area contributed by atoms with Gasteiger partial charge in [0.15, 0.2) is 10.9 Å². The molecule has 0 aliphatic carbocycles. The molecule has 2 aromatic heterocycles. The Morgan fingerprint density at radius 2 is 1.94 bits per heavy atom. The smallest absolute Gasteiger partial charge is 0.234 e. The number of aryl methyl sites for hydroxylation is 1. The van der Waals surface area contributed by atoms with Crippen molar-refractivity contribution in [3.8, 4) is 28.8 Å². The lowest BCUT2D eigenvalue weighted by Crippen LogP contribution is -2.15. The van der Waals surface area contributed by atoms with E-state index < -0.39 is 0 Å². The number of methoxy groups -OCH3 is 2. The standard InChI is InChI=1S/C23H21ClN4O4S/c1-14-11-18(20(31-3)12-17(14)24)25-21(29)13-33-23-27-26-22(19-5-4-10-32-19)28(23)15-6-8-16(30-2)9-7-15/h4-12H,13H2,1-3H3,(H,25,29). The molecule has 4 rings (SSSR count). The van der Waals surface area contributed by atoms with Crippen molar-refractivity contribution in [3.05, 3.63) is 65.4 Å². The highest BCUT2D eigenvalue weighted by Gasteiger charge is 2.19. The molecule has 0 bridgehead atoms. The molecule has 1 amide bonds. The summed E-state index contributed by atoms with van der Waals surface area (Å²) in [6.07, 6.45) is 1.57. The highest BCUT2D eigenvalue weighted by molar-refractivity contribution is 7.99. The van der Waals surface area contributed by atoms with Crippen LogP contribution in [0.25, 0.3) is 17.3 Å². The number of ether oxygens (including phenoxy) is 2. The van der Waals surface area contributed by atoms with Crippen LogP contribution in [0.15, 0.2) is 64.4 Å². The molecule has 33 heavy (non-hydrogen) atoms. The van der Waals surface area contributed by atoms with Crippen LogP contribution in [-0.2, 0) is 4.79 Å². The number of hydrogen-bond acceptors (Lipinski definition) is 7. The number of carbonyl (C=O) groups is 1. The normalized spacial score (nSPS) is 10.8. The molecule has 2 aromatic carbocycles. The van der Waals surface area contributed by atoms with Crippen molar-refractivity contribution in [2.24, 2.45) is 0 Å². The van der Waals surface area contributed by atoms with Crippen molar-refractivity contribution >= 4 is 35.0 Å². The molecule has 2 heterocycles. The number of thioether (sulfide) groups is 1. The Balaban J connectivity index is 1.57. The summed E-state index contributed by atoms with van der Waals surface area (Å²) < 4.78 is 18.0. The Hall–Kier alpha value is -3.43. The fourth-order valence-corrected chi connectivity index (χ4v) is 4.04. The number of amides is 1. The van der Waals surface area contributed by atoms with Gasteiger partial charge >= 0.3 is 0 Å². The van der Waals surface area contributed by atoms with E-state index in [2.05, 4.69) is 15.5 Å². The Kier molecular flexibility index (Phi) is 6.90. The number of halogens is 1. The van der Waals surface area contributed by atoms with Crippen molar-refractivity contribution in [2.75, 3.05) is 25.3 Å². The summed E-state index contributed by atoms with van der Waals surface area (Å²) in [6, 6.07) is 14.5. The molecule has 8 nitrogen and oxygen atoms in total. The number of carbonyl (C=O) groups excluding carboxylic acids is 1. The van der Waals surface area contributed by atoms with E-state index in [1.54, 1.807) is 37.6 Å². The van der Waals surface area contributed by atoms with Crippen molar-refractivity contribution in [2.45, 2.75) is 12.1 Å². The summed E-state index contributed by atoms with van der Waals surface area (Å²) in [4.78, 5) is 12.7. The largest absolute Gasteiger partial charge is 0.497 e. The lowest BCUT2D eigenvalue weighted by molar-refractivity contribution is -0.113. The zero-order valence-electron chi connectivity index (χ0n) is 18.2. The number of nitrogens with one attached hydrogen (secondary N) is 1. The molecule has 0 aliphatic rings. The van der Waals surface area contributed by atoms with E-state index in [1.165, 1.54) is 18.9 Å². The Morgan fingerprint density at radius 1 is 1.15 bits per heavy atom. The predicted molar refractivity (Wildman–Crippen MR) is 128 cm³/mol. The van der Waals surface area contributed by atoms with E-state index in [0.717, 1.165) is 17.0 Å². The number of furan rings is 1. The summed E-state index contributed by atoms with van der Waals surface area (Å²) in [7, 11) is 3.14. The molecule has 0 saturated carbocycles. The second kappa shape index (κ2) is 10.0. The molecule has 0 spiro atoms. The van der Waals surface area contributed by atoms with E-state index in [1.807, 2.05) is 35.8 Å². The van der Waals surface area contributed by atoms with Crippen LogP contribution in [0.1, 0.15) is 5.56 Å². The molecule has 170 valence electrons. The van der Waals surface area contributed by atoms with Gasteiger partial charge in [-0.1, -0.05) is 23.4 Å². The van der Waals surface area contributed by atoms with Gasteiger partial charge < -0.3 is 19.2 Å². The summed E-state index contributed by atoms with van der Waals surface area (Å²) in [5.74, 6) is 2.21. The van der Waals surface area contributed by atoms with Gasteiger partial charge in [0.2, 0.25) is 11.7 Å². The maximum absolute atomic E-state index is 12.7. The molecule has 0 saturated heterocycles. The first-order valence-electron chi connectivity index (χ1n) is 9.90. The van der Waals surface area contributed by atoms with E-state index in [-0.39, 0.29) is 11.7 Å². The van der Waals surface area contributed by atoms with Crippen LogP contribution in [-0.4, -0.2) is 40.6 Å². The average Bonchev–Trinajstić information content (AvgIpc) is 3.50. The van der Waals surface area contributed by atoms with Crippen LogP contribution in [0.5, 0.6) is 11.5 Å². The molecule has 1 N–H and O–H groups in total. The number of rotatable bonds is 8. The lowest BCUT2D eigenvalue weighted by atomic mass is 10.2. The SMILES string of the molecule is COc1ccc(-n2c(SCC(=O)Nc3cc(C)c(Cl)cc3OC)nnc2-c2ccco2)cc1. The first-order valence-corrected chi connectivity index (χ1v) is 11.3. The molecule has 0 aliphatic heterocycles. The van der Waals surface area contributed by atoms with Crippen molar-refractivity contribution < 1.29 is 18.7 Å². The minimum atomic E-state index is -0.219. The van der Waals surface area contributed by atoms with Gasteiger partial charge in [-0.2, -0.15) is 0 Å². The maximum Gasteiger partial charge on any atom is 0.234 e.